The fraction of sp³-hybridized carbons (Fsp3) is 0.438. The van der Waals surface area contributed by atoms with E-state index in [0.717, 1.165) is 10.9 Å². The first-order chi connectivity index (χ1) is 9.69. The van der Waals surface area contributed by atoms with E-state index < -0.39 is 0 Å². The summed E-state index contributed by atoms with van der Waals surface area (Å²) in [5, 5.41) is 4.62. The third-order valence-electron chi connectivity index (χ3n) is 3.86. The molecule has 0 bridgehead atoms. The predicted molar refractivity (Wildman–Crippen MR) is 88.5 cm³/mol. The van der Waals surface area contributed by atoms with Crippen molar-refractivity contribution in [3.63, 3.8) is 0 Å². The van der Waals surface area contributed by atoms with Crippen LogP contribution < -0.4 is 5.32 Å². The Morgan fingerprint density at radius 3 is 2.80 bits per heavy atom. The van der Waals surface area contributed by atoms with E-state index >= 15 is 0 Å². The molecule has 0 saturated heterocycles. The molecule has 1 unspecified atom stereocenters. The molecule has 0 radical (unpaired) electrons. The highest BCUT2D eigenvalue weighted by molar-refractivity contribution is 9.10. The molecular weight excluding hydrogens is 332 g/mol. The van der Waals surface area contributed by atoms with Crippen molar-refractivity contribution in [2.24, 2.45) is 0 Å². The lowest BCUT2D eigenvalue weighted by atomic mass is 10.0. The Bertz CT molecular complexity index is 597. The molecule has 2 aromatic rings. The van der Waals surface area contributed by atoms with E-state index in [1.54, 1.807) is 0 Å². The first kappa shape index (κ1) is 14.2. The Morgan fingerprint density at radius 2 is 2.10 bits per heavy atom. The summed E-state index contributed by atoms with van der Waals surface area (Å²) >= 11 is 5.58. The van der Waals surface area contributed by atoms with Gasteiger partial charge >= 0.3 is 0 Å². The van der Waals surface area contributed by atoms with Gasteiger partial charge in [-0.2, -0.15) is 0 Å². The third kappa shape index (κ3) is 2.69. The van der Waals surface area contributed by atoms with Crippen molar-refractivity contribution in [1.29, 1.82) is 0 Å². The summed E-state index contributed by atoms with van der Waals surface area (Å²) in [7, 11) is 2.01. The number of aryl methyl sites for hydroxylation is 3. The van der Waals surface area contributed by atoms with Crippen molar-refractivity contribution in [1.82, 2.24) is 10.3 Å². The molecule has 0 saturated carbocycles. The molecule has 3 rings (SSSR count). The second-order valence-electron chi connectivity index (χ2n) is 5.38. The predicted octanol–water partition coefficient (Wildman–Crippen LogP) is 4.40. The Labute approximate surface area is 132 Å². The molecule has 4 heteroatoms. The van der Waals surface area contributed by atoms with E-state index in [1.165, 1.54) is 46.0 Å². The SMILES string of the molecule is CNC(c1nc2c(s1)CCCC2)c1ccc(C)cc1Br. The Morgan fingerprint density at radius 1 is 1.30 bits per heavy atom. The molecule has 0 fully saturated rings. The van der Waals surface area contributed by atoms with Crippen LogP contribution in [0.4, 0.5) is 0 Å². The molecule has 1 aromatic heterocycles. The molecule has 0 spiro atoms. The minimum atomic E-state index is 0.181. The highest BCUT2D eigenvalue weighted by Gasteiger charge is 2.22. The normalized spacial score (nSPS) is 15.9. The average Bonchev–Trinajstić information content (AvgIpc) is 2.85. The monoisotopic (exact) mass is 350 g/mol. The van der Waals surface area contributed by atoms with Gasteiger partial charge in [0.05, 0.1) is 11.7 Å². The molecule has 106 valence electrons. The smallest absolute Gasteiger partial charge is 0.115 e. The number of benzene rings is 1. The van der Waals surface area contributed by atoms with E-state index in [1.807, 2.05) is 18.4 Å². The lowest BCUT2D eigenvalue weighted by molar-refractivity contribution is 0.660. The van der Waals surface area contributed by atoms with Crippen molar-refractivity contribution < 1.29 is 0 Å². The van der Waals surface area contributed by atoms with Gasteiger partial charge in [0.25, 0.3) is 0 Å². The van der Waals surface area contributed by atoms with Crippen LogP contribution in [0.3, 0.4) is 0 Å². The van der Waals surface area contributed by atoms with E-state index in [4.69, 9.17) is 4.98 Å². The second kappa shape index (κ2) is 5.96. The summed E-state index contributed by atoms with van der Waals surface area (Å²) in [6.07, 6.45) is 4.96. The number of nitrogens with one attached hydrogen (secondary N) is 1. The molecule has 1 atom stereocenters. The average molecular weight is 351 g/mol. The second-order valence-corrected chi connectivity index (χ2v) is 7.35. The van der Waals surface area contributed by atoms with Crippen LogP contribution >= 0.6 is 27.3 Å². The van der Waals surface area contributed by atoms with Crippen molar-refractivity contribution in [2.45, 2.75) is 38.6 Å². The molecule has 0 amide bonds. The zero-order chi connectivity index (χ0) is 14.1. The fourth-order valence-electron chi connectivity index (χ4n) is 2.77. The first-order valence-electron chi connectivity index (χ1n) is 7.11. The lowest BCUT2D eigenvalue weighted by Gasteiger charge is -2.16. The number of hydrogen-bond donors (Lipinski definition) is 1. The Kier molecular flexibility index (Phi) is 4.24. The Hall–Kier alpha value is -0.710. The number of rotatable bonds is 3. The van der Waals surface area contributed by atoms with Gasteiger partial charge in [0.1, 0.15) is 5.01 Å². The molecule has 0 aliphatic heterocycles. The van der Waals surface area contributed by atoms with Gasteiger partial charge in [-0.1, -0.05) is 28.1 Å². The summed E-state index contributed by atoms with van der Waals surface area (Å²) in [4.78, 5) is 6.39. The van der Waals surface area contributed by atoms with Gasteiger partial charge in [0.15, 0.2) is 0 Å². The van der Waals surface area contributed by atoms with Crippen molar-refractivity contribution in [3.05, 3.63) is 49.4 Å². The first-order valence-corrected chi connectivity index (χ1v) is 8.72. The lowest BCUT2D eigenvalue weighted by Crippen LogP contribution is -2.18. The molecule has 20 heavy (non-hydrogen) atoms. The minimum absolute atomic E-state index is 0.181. The summed E-state index contributed by atoms with van der Waals surface area (Å²) < 4.78 is 1.16. The van der Waals surface area contributed by atoms with Gasteiger partial charge in [-0.15, -0.1) is 11.3 Å². The van der Waals surface area contributed by atoms with Crippen LogP contribution in [0, 0.1) is 6.92 Å². The maximum Gasteiger partial charge on any atom is 0.115 e. The summed E-state index contributed by atoms with van der Waals surface area (Å²) in [6, 6.07) is 6.71. The molecular formula is C16H19BrN2S. The van der Waals surface area contributed by atoms with Gasteiger partial charge in [0.2, 0.25) is 0 Å². The van der Waals surface area contributed by atoms with Crippen LogP contribution in [-0.2, 0) is 12.8 Å². The van der Waals surface area contributed by atoms with Crippen LogP contribution in [0.1, 0.15) is 45.6 Å². The van der Waals surface area contributed by atoms with Gasteiger partial charge in [-0.25, -0.2) is 4.98 Å². The van der Waals surface area contributed by atoms with Gasteiger partial charge in [0, 0.05) is 9.35 Å². The third-order valence-corrected chi connectivity index (χ3v) is 5.77. The van der Waals surface area contributed by atoms with Crippen LogP contribution in [0.25, 0.3) is 0 Å². The zero-order valence-electron chi connectivity index (χ0n) is 11.9. The molecule has 1 aliphatic carbocycles. The van der Waals surface area contributed by atoms with Gasteiger partial charge in [-0.05, 0) is 56.8 Å². The number of hydrogen-bond acceptors (Lipinski definition) is 3. The number of nitrogens with zero attached hydrogens (tertiary/aromatic N) is 1. The molecule has 1 heterocycles. The molecule has 2 nitrogen and oxygen atoms in total. The summed E-state index contributed by atoms with van der Waals surface area (Å²) in [6.45, 7) is 2.12. The summed E-state index contributed by atoms with van der Waals surface area (Å²) in [5.74, 6) is 0. The standard InChI is InChI=1S/C16H19BrN2S/c1-10-7-8-11(12(17)9-10)15(18-2)16-19-13-5-3-4-6-14(13)20-16/h7-9,15,18H,3-6H2,1-2H3. The van der Waals surface area contributed by atoms with Gasteiger partial charge in [-0.3, -0.25) is 0 Å². The number of fused-ring (bicyclic) bond motifs is 1. The quantitative estimate of drug-likeness (QED) is 0.887. The van der Waals surface area contributed by atoms with Crippen LogP contribution in [0.15, 0.2) is 22.7 Å². The zero-order valence-corrected chi connectivity index (χ0v) is 14.3. The van der Waals surface area contributed by atoms with Crippen molar-refractivity contribution in [3.8, 4) is 0 Å². The molecule has 1 aromatic carbocycles. The van der Waals surface area contributed by atoms with Crippen LogP contribution in [-0.4, -0.2) is 12.0 Å². The van der Waals surface area contributed by atoms with E-state index in [-0.39, 0.29) is 6.04 Å². The maximum absolute atomic E-state index is 4.90. The number of halogens is 1. The highest BCUT2D eigenvalue weighted by Crippen LogP contribution is 2.35. The van der Waals surface area contributed by atoms with Gasteiger partial charge < -0.3 is 5.32 Å². The maximum atomic E-state index is 4.90. The van der Waals surface area contributed by atoms with Crippen molar-refractivity contribution >= 4 is 27.3 Å². The number of thiazole rings is 1. The van der Waals surface area contributed by atoms with Crippen molar-refractivity contribution in [2.75, 3.05) is 7.05 Å². The largest absolute Gasteiger partial charge is 0.307 e. The summed E-state index contributed by atoms with van der Waals surface area (Å²) in [5.41, 5.74) is 3.87. The van der Waals surface area contributed by atoms with E-state index in [9.17, 15) is 0 Å². The number of aromatic nitrogens is 1. The fourth-order valence-corrected chi connectivity index (χ4v) is 4.78. The van der Waals surface area contributed by atoms with E-state index in [0.29, 0.717) is 0 Å². The molecule has 1 N–H and O–H groups in total. The van der Waals surface area contributed by atoms with Crippen LogP contribution in [0.2, 0.25) is 0 Å². The van der Waals surface area contributed by atoms with E-state index in [2.05, 4.69) is 46.4 Å². The highest BCUT2D eigenvalue weighted by atomic mass is 79.9. The minimum Gasteiger partial charge on any atom is -0.307 e. The van der Waals surface area contributed by atoms with Crippen LogP contribution in [0.5, 0.6) is 0 Å². The topological polar surface area (TPSA) is 24.9 Å². The Balaban J connectivity index is 1.98. The molecule has 1 aliphatic rings.